The Morgan fingerprint density at radius 1 is 0.885 bits per heavy atom. The van der Waals surface area contributed by atoms with E-state index in [-0.39, 0.29) is 13.2 Å². The van der Waals surface area contributed by atoms with E-state index >= 15 is 0 Å². The van der Waals surface area contributed by atoms with Crippen molar-refractivity contribution in [2.45, 2.75) is 84.2 Å². The average molecular weight is 367 g/mol. The van der Waals surface area contributed by atoms with E-state index < -0.39 is 12.1 Å². The number of hydrogen-bond donors (Lipinski definition) is 1. The molecule has 0 bridgehead atoms. The quantitative estimate of drug-likeness (QED) is 0.160. The molecule has 0 amide bonds. The Labute approximate surface area is 160 Å². The third-order valence-corrected chi connectivity index (χ3v) is 3.78. The maximum Gasteiger partial charge on any atom is 0.302 e. The van der Waals surface area contributed by atoms with Gasteiger partial charge in [0.15, 0.2) is 0 Å². The summed E-state index contributed by atoms with van der Waals surface area (Å²) in [6.07, 6.45) is 23.8. The van der Waals surface area contributed by atoms with Crippen molar-refractivity contribution in [1.29, 1.82) is 0 Å². The first kappa shape index (κ1) is 24.5. The molecule has 0 aliphatic carbocycles. The lowest BCUT2D eigenvalue weighted by molar-refractivity contribution is -0.144. The highest BCUT2D eigenvalue weighted by Gasteiger charge is 2.05. The fourth-order valence-corrected chi connectivity index (χ4v) is 2.28. The molecule has 4 nitrogen and oxygen atoms in total. The van der Waals surface area contributed by atoms with Crippen LogP contribution < -0.4 is 0 Å². The molecule has 4 heteroatoms. The van der Waals surface area contributed by atoms with Crippen LogP contribution >= 0.6 is 0 Å². The molecule has 0 aliphatic rings. The molecule has 0 radical (unpaired) electrons. The highest BCUT2D eigenvalue weighted by molar-refractivity contribution is 5.65. The average Bonchev–Trinajstić information content (AvgIpc) is 2.62. The molecular weight excluding hydrogens is 328 g/mol. The minimum Gasteiger partial charge on any atom is -0.499 e. The molecule has 0 aromatic rings. The predicted octanol–water partition coefficient (Wildman–Crippen LogP) is 5.47. The number of esters is 1. The van der Waals surface area contributed by atoms with Crippen molar-refractivity contribution in [3.05, 3.63) is 36.6 Å². The lowest BCUT2D eigenvalue weighted by Gasteiger charge is -2.09. The second kappa shape index (κ2) is 19.8. The Bertz CT molecular complexity index is 399. The van der Waals surface area contributed by atoms with Crippen molar-refractivity contribution >= 4 is 5.97 Å². The minimum atomic E-state index is -0.776. The molecule has 0 saturated carbocycles. The molecule has 0 heterocycles. The van der Waals surface area contributed by atoms with E-state index in [1.807, 2.05) is 6.08 Å². The molecule has 1 unspecified atom stereocenters. The first-order valence-electron chi connectivity index (χ1n) is 10.0. The summed E-state index contributed by atoms with van der Waals surface area (Å²) < 4.78 is 9.89. The van der Waals surface area contributed by atoms with Crippen LogP contribution in [-0.4, -0.2) is 30.4 Å². The number of carbonyl (C=O) groups excluding carboxylic acids is 1. The largest absolute Gasteiger partial charge is 0.499 e. The smallest absolute Gasteiger partial charge is 0.302 e. The van der Waals surface area contributed by atoms with Gasteiger partial charge in [-0.05, 0) is 51.0 Å². The SMILES string of the molecule is CCCCC/C=C\C/C=C\CCCCC/C=C/OCC(O)COC(C)=O. The van der Waals surface area contributed by atoms with Gasteiger partial charge in [0.2, 0.25) is 0 Å². The van der Waals surface area contributed by atoms with E-state index in [2.05, 4.69) is 36.0 Å². The fourth-order valence-electron chi connectivity index (χ4n) is 2.28. The summed E-state index contributed by atoms with van der Waals surface area (Å²) in [4.78, 5) is 10.6. The third-order valence-electron chi connectivity index (χ3n) is 3.78. The van der Waals surface area contributed by atoms with Crippen LogP contribution in [-0.2, 0) is 14.3 Å². The maximum absolute atomic E-state index is 10.6. The topological polar surface area (TPSA) is 55.8 Å². The van der Waals surface area contributed by atoms with Crippen LogP contribution in [0.3, 0.4) is 0 Å². The van der Waals surface area contributed by atoms with Crippen LogP contribution in [0.1, 0.15) is 78.1 Å². The standard InChI is InChI=1S/C22H38O4/c1-3-4-5-6-7-8-9-10-11-12-13-14-15-16-17-18-25-19-22(24)20-26-21(2)23/h7-8,10-11,17-18,22,24H,3-6,9,12-16,19-20H2,1-2H3/b8-7-,11-10-,18-17+. The summed E-state index contributed by atoms with van der Waals surface area (Å²) in [7, 11) is 0. The zero-order valence-corrected chi connectivity index (χ0v) is 16.7. The normalized spacial score (nSPS) is 13.0. The second-order valence-corrected chi connectivity index (χ2v) is 6.47. The molecule has 0 spiro atoms. The van der Waals surface area contributed by atoms with Crippen molar-refractivity contribution in [2.75, 3.05) is 13.2 Å². The predicted molar refractivity (Wildman–Crippen MR) is 108 cm³/mol. The lowest BCUT2D eigenvalue weighted by atomic mass is 10.1. The van der Waals surface area contributed by atoms with Crippen molar-refractivity contribution in [3.63, 3.8) is 0 Å². The van der Waals surface area contributed by atoms with Gasteiger partial charge in [-0.25, -0.2) is 0 Å². The third kappa shape index (κ3) is 20.5. The number of ether oxygens (including phenoxy) is 2. The molecule has 1 atom stereocenters. The number of rotatable bonds is 17. The number of hydrogen-bond acceptors (Lipinski definition) is 4. The first-order chi connectivity index (χ1) is 12.7. The van der Waals surface area contributed by atoms with Gasteiger partial charge in [0.25, 0.3) is 0 Å². The van der Waals surface area contributed by atoms with Crippen molar-refractivity contribution in [1.82, 2.24) is 0 Å². The molecular formula is C22H38O4. The highest BCUT2D eigenvalue weighted by atomic mass is 16.5. The van der Waals surface area contributed by atoms with Crippen LogP contribution in [0.2, 0.25) is 0 Å². The Morgan fingerprint density at radius 3 is 2.12 bits per heavy atom. The van der Waals surface area contributed by atoms with Gasteiger partial charge in [0.1, 0.15) is 19.3 Å². The first-order valence-corrected chi connectivity index (χ1v) is 10.0. The monoisotopic (exact) mass is 366 g/mol. The zero-order chi connectivity index (χ0) is 19.3. The minimum absolute atomic E-state index is 0.0225. The zero-order valence-electron chi connectivity index (χ0n) is 16.7. The van der Waals surface area contributed by atoms with E-state index in [1.165, 1.54) is 45.4 Å². The van der Waals surface area contributed by atoms with E-state index in [9.17, 15) is 9.90 Å². The van der Waals surface area contributed by atoms with Crippen LogP contribution in [0, 0.1) is 0 Å². The van der Waals surface area contributed by atoms with Gasteiger partial charge in [-0.2, -0.15) is 0 Å². The van der Waals surface area contributed by atoms with Crippen LogP contribution in [0.25, 0.3) is 0 Å². The Morgan fingerprint density at radius 2 is 1.50 bits per heavy atom. The summed E-state index contributed by atoms with van der Waals surface area (Å²) in [6, 6.07) is 0. The van der Waals surface area contributed by atoms with Gasteiger partial charge in [-0.3, -0.25) is 4.79 Å². The highest BCUT2D eigenvalue weighted by Crippen LogP contribution is 2.05. The van der Waals surface area contributed by atoms with Crippen molar-refractivity contribution < 1.29 is 19.4 Å². The van der Waals surface area contributed by atoms with E-state index in [4.69, 9.17) is 4.74 Å². The van der Waals surface area contributed by atoms with Gasteiger partial charge in [0.05, 0.1) is 6.26 Å². The Balaban J connectivity index is 3.34. The summed E-state index contributed by atoms with van der Waals surface area (Å²) in [6.45, 7) is 3.67. The van der Waals surface area contributed by atoms with E-state index in [1.54, 1.807) is 6.26 Å². The van der Waals surface area contributed by atoms with Gasteiger partial charge in [0, 0.05) is 6.92 Å². The van der Waals surface area contributed by atoms with Gasteiger partial charge in [-0.15, -0.1) is 0 Å². The second-order valence-electron chi connectivity index (χ2n) is 6.47. The molecule has 0 rings (SSSR count). The number of aliphatic hydroxyl groups is 1. The Hall–Kier alpha value is -1.55. The van der Waals surface area contributed by atoms with E-state index in [0.29, 0.717) is 0 Å². The van der Waals surface area contributed by atoms with Crippen LogP contribution in [0.15, 0.2) is 36.6 Å². The van der Waals surface area contributed by atoms with Crippen LogP contribution in [0.5, 0.6) is 0 Å². The molecule has 1 N–H and O–H groups in total. The Kier molecular flexibility index (Phi) is 18.6. The molecule has 150 valence electrons. The number of carbonyl (C=O) groups is 1. The molecule has 0 aromatic carbocycles. The van der Waals surface area contributed by atoms with Crippen LogP contribution in [0.4, 0.5) is 0 Å². The number of allylic oxidation sites excluding steroid dienone is 5. The molecule has 0 aromatic heterocycles. The maximum atomic E-state index is 10.6. The fraction of sp³-hybridized carbons (Fsp3) is 0.682. The molecule has 0 fully saturated rings. The van der Waals surface area contributed by atoms with Gasteiger partial charge in [-0.1, -0.05) is 50.5 Å². The summed E-state index contributed by atoms with van der Waals surface area (Å²) in [5.41, 5.74) is 0. The lowest BCUT2D eigenvalue weighted by Crippen LogP contribution is -2.21. The van der Waals surface area contributed by atoms with Gasteiger partial charge < -0.3 is 14.6 Å². The molecule has 0 saturated heterocycles. The number of unbranched alkanes of at least 4 members (excludes halogenated alkanes) is 7. The van der Waals surface area contributed by atoms with E-state index in [0.717, 1.165) is 25.7 Å². The summed E-state index contributed by atoms with van der Waals surface area (Å²) in [5.74, 6) is -0.395. The molecule has 26 heavy (non-hydrogen) atoms. The number of aliphatic hydroxyl groups excluding tert-OH is 1. The summed E-state index contributed by atoms with van der Waals surface area (Å²) >= 11 is 0. The van der Waals surface area contributed by atoms with Crippen molar-refractivity contribution in [3.8, 4) is 0 Å². The molecule has 0 aliphatic heterocycles. The van der Waals surface area contributed by atoms with Gasteiger partial charge >= 0.3 is 5.97 Å². The van der Waals surface area contributed by atoms with Crippen molar-refractivity contribution in [2.24, 2.45) is 0 Å². The summed E-state index contributed by atoms with van der Waals surface area (Å²) in [5, 5.41) is 9.48.